The molecule has 1 aromatic carbocycles. The van der Waals surface area contributed by atoms with Crippen LogP contribution in [0.1, 0.15) is 37.1 Å². The minimum Gasteiger partial charge on any atom is -0.355 e. The van der Waals surface area contributed by atoms with Gasteiger partial charge >= 0.3 is 0 Å². The second-order valence-corrected chi connectivity index (χ2v) is 8.19. The maximum absolute atomic E-state index is 12.7. The monoisotopic (exact) mass is 397 g/mol. The number of hydrogen-bond donors (Lipinski definition) is 1. The molecule has 0 unspecified atom stereocenters. The van der Waals surface area contributed by atoms with Gasteiger partial charge in [-0.2, -0.15) is 4.98 Å². The number of carbonyl (C=O) groups is 1. The summed E-state index contributed by atoms with van der Waals surface area (Å²) in [7, 11) is 0. The first-order valence-corrected chi connectivity index (χ1v) is 10.8. The molecule has 7 heteroatoms. The largest absolute Gasteiger partial charge is 0.355 e. The smallest absolute Gasteiger partial charge is 0.266 e. The number of nitrogens with zero attached hydrogens (tertiary/aromatic N) is 4. The van der Waals surface area contributed by atoms with Gasteiger partial charge in [-0.25, -0.2) is 0 Å². The zero-order valence-corrected chi connectivity index (χ0v) is 17.2. The van der Waals surface area contributed by atoms with Crippen LogP contribution in [0.5, 0.6) is 0 Å². The minimum absolute atomic E-state index is 0.109. The fraction of sp³-hybridized carbons (Fsp3) is 0.591. The van der Waals surface area contributed by atoms with Gasteiger partial charge in [-0.15, -0.1) is 0 Å². The second-order valence-electron chi connectivity index (χ2n) is 8.19. The molecule has 156 valence electrons. The van der Waals surface area contributed by atoms with Gasteiger partial charge in [0.15, 0.2) is 0 Å². The SMILES string of the molecule is Cc1nc(N2CCC(N3CCC[C@@H](C(=O)NCCc4ccccc4)C3)CC2)no1. The van der Waals surface area contributed by atoms with Crippen molar-refractivity contribution in [2.75, 3.05) is 37.6 Å². The Bertz CT molecular complexity index is 786. The van der Waals surface area contributed by atoms with E-state index in [0.29, 0.717) is 24.4 Å². The molecule has 2 aromatic rings. The Kier molecular flexibility index (Phi) is 6.44. The molecule has 0 aliphatic carbocycles. The Labute approximate surface area is 172 Å². The van der Waals surface area contributed by atoms with Crippen LogP contribution in [0.4, 0.5) is 5.95 Å². The molecule has 2 aliphatic heterocycles. The lowest BCUT2D eigenvalue weighted by molar-refractivity contribution is -0.127. The van der Waals surface area contributed by atoms with E-state index in [-0.39, 0.29) is 11.8 Å². The maximum atomic E-state index is 12.7. The third kappa shape index (κ3) is 5.15. The van der Waals surface area contributed by atoms with Crippen LogP contribution in [0, 0.1) is 12.8 Å². The lowest BCUT2D eigenvalue weighted by Gasteiger charge is -2.41. The number of aryl methyl sites for hydroxylation is 1. The summed E-state index contributed by atoms with van der Waals surface area (Å²) in [6.07, 6.45) is 5.14. The van der Waals surface area contributed by atoms with Crippen LogP contribution >= 0.6 is 0 Å². The number of benzene rings is 1. The maximum Gasteiger partial charge on any atom is 0.266 e. The van der Waals surface area contributed by atoms with E-state index in [4.69, 9.17) is 4.52 Å². The van der Waals surface area contributed by atoms with Crippen molar-refractivity contribution in [3.05, 3.63) is 41.8 Å². The van der Waals surface area contributed by atoms with E-state index in [1.165, 1.54) is 5.56 Å². The Morgan fingerprint density at radius 3 is 2.69 bits per heavy atom. The molecular formula is C22H31N5O2. The number of piperidine rings is 2. The zero-order valence-electron chi connectivity index (χ0n) is 17.2. The van der Waals surface area contributed by atoms with Gasteiger partial charge in [0.2, 0.25) is 11.8 Å². The van der Waals surface area contributed by atoms with Crippen molar-refractivity contribution in [3.63, 3.8) is 0 Å². The number of anilines is 1. The highest BCUT2D eigenvalue weighted by atomic mass is 16.5. The number of amides is 1. The number of carbonyl (C=O) groups excluding carboxylic acids is 1. The van der Waals surface area contributed by atoms with E-state index in [0.717, 1.165) is 58.3 Å². The quantitative estimate of drug-likeness (QED) is 0.807. The standard InChI is InChI=1S/C22H31N5O2/c1-17-24-22(25-29-17)26-14-10-20(11-15-26)27-13-5-8-19(16-27)21(28)23-12-9-18-6-3-2-4-7-18/h2-4,6-7,19-20H,5,8-16H2,1H3,(H,23,28)/t19-/m1/s1. The minimum atomic E-state index is 0.109. The van der Waals surface area contributed by atoms with Crippen molar-refractivity contribution in [1.29, 1.82) is 0 Å². The normalized spacial score (nSPS) is 21.3. The molecule has 2 fully saturated rings. The Morgan fingerprint density at radius 1 is 1.17 bits per heavy atom. The van der Waals surface area contributed by atoms with Gasteiger partial charge in [0.05, 0.1) is 5.92 Å². The van der Waals surface area contributed by atoms with Gasteiger partial charge in [0.1, 0.15) is 0 Å². The molecule has 7 nitrogen and oxygen atoms in total. The van der Waals surface area contributed by atoms with Crippen LogP contribution in [-0.2, 0) is 11.2 Å². The Balaban J connectivity index is 1.22. The van der Waals surface area contributed by atoms with Gasteiger partial charge < -0.3 is 14.7 Å². The Hall–Kier alpha value is -2.41. The van der Waals surface area contributed by atoms with Crippen LogP contribution in [0.3, 0.4) is 0 Å². The fourth-order valence-corrected chi connectivity index (χ4v) is 4.52. The van der Waals surface area contributed by atoms with E-state index in [1.54, 1.807) is 0 Å². The molecule has 1 amide bonds. The molecule has 0 saturated carbocycles. The molecule has 1 atom stereocenters. The summed E-state index contributed by atoms with van der Waals surface area (Å²) >= 11 is 0. The van der Waals surface area contributed by atoms with E-state index in [2.05, 4.69) is 37.4 Å². The molecule has 0 spiro atoms. The van der Waals surface area contributed by atoms with E-state index in [9.17, 15) is 4.79 Å². The van der Waals surface area contributed by atoms with Gasteiger partial charge in [-0.3, -0.25) is 9.69 Å². The molecule has 3 heterocycles. The second kappa shape index (κ2) is 9.39. The Morgan fingerprint density at radius 2 is 1.97 bits per heavy atom. The van der Waals surface area contributed by atoms with Crippen LogP contribution in [-0.4, -0.2) is 59.7 Å². The molecule has 4 rings (SSSR count). The average Bonchev–Trinajstić information content (AvgIpc) is 3.21. The summed E-state index contributed by atoms with van der Waals surface area (Å²) in [4.78, 5) is 21.8. The van der Waals surface area contributed by atoms with Crippen molar-refractivity contribution >= 4 is 11.9 Å². The lowest BCUT2D eigenvalue weighted by Crippen LogP contribution is -2.51. The first kappa shape index (κ1) is 19.9. The van der Waals surface area contributed by atoms with Gasteiger partial charge in [0, 0.05) is 39.1 Å². The molecule has 0 radical (unpaired) electrons. The number of hydrogen-bond acceptors (Lipinski definition) is 6. The van der Waals surface area contributed by atoms with Crippen LogP contribution in [0.25, 0.3) is 0 Å². The molecule has 1 aromatic heterocycles. The van der Waals surface area contributed by atoms with Crippen molar-refractivity contribution in [1.82, 2.24) is 20.4 Å². The highest BCUT2D eigenvalue weighted by molar-refractivity contribution is 5.79. The van der Waals surface area contributed by atoms with Crippen molar-refractivity contribution in [2.45, 2.75) is 45.1 Å². The van der Waals surface area contributed by atoms with Gasteiger partial charge in [-0.05, 0) is 49.4 Å². The van der Waals surface area contributed by atoms with Crippen LogP contribution < -0.4 is 10.2 Å². The predicted octanol–water partition coefficient (Wildman–Crippen LogP) is 2.42. The summed E-state index contributed by atoms with van der Waals surface area (Å²) in [5.41, 5.74) is 1.27. The summed E-state index contributed by atoms with van der Waals surface area (Å²) in [6, 6.07) is 10.9. The number of likely N-dealkylation sites (tertiary alicyclic amines) is 1. The fourth-order valence-electron chi connectivity index (χ4n) is 4.52. The lowest BCUT2D eigenvalue weighted by atomic mass is 9.93. The topological polar surface area (TPSA) is 74.5 Å². The molecule has 0 bridgehead atoms. The zero-order chi connectivity index (χ0) is 20.1. The van der Waals surface area contributed by atoms with Crippen molar-refractivity contribution in [2.24, 2.45) is 5.92 Å². The molecular weight excluding hydrogens is 366 g/mol. The van der Waals surface area contributed by atoms with Crippen LogP contribution in [0.15, 0.2) is 34.9 Å². The third-order valence-electron chi connectivity index (χ3n) is 6.16. The summed E-state index contributed by atoms with van der Waals surface area (Å²) in [6.45, 7) is 6.38. The summed E-state index contributed by atoms with van der Waals surface area (Å²) in [5.74, 6) is 1.64. The average molecular weight is 398 g/mol. The van der Waals surface area contributed by atoms with Crippen molar-refractivity contribution in [3.8, 4) is 0 Å². The van der Waals surface area contributed by atoms with Crippen LogP contribution in [0.2, 0.25) is 0 Å². The molecule has 1 N–H and O–H groups in total. The van der Waals surface area contributed by atoms with Gasteiger partial charge in [0.25, 0.3) is 5.95 Å². The summed E-state index contributed by atoms with van der Waals surface area (Å²) < 4.78 is 5.10. The molecule has 2 saturated heterocycles. The highest BCUT2D eigenvalue weighted by Gasteiger charge is 2.32. The van der Waals surface area contributed by atoms with E-state index < -0.39 is 0 Å². The third-order valence-corrected chi connectivity index (χ3v) is 6.16. The van der Waals surface area contributed by atoms with Crippen molar-refractivity contribution < 1.29 is 9.32 Å². The van der Waals surface area contributed by atoms with Gasteiger partial charge in [-0.1, -0.05) is 30.3 Å². The van der Waals surface area contributed by atoms with E-state index >= 15 is 0 Å². The number of nitrogens with one attached hydrogen (secondary N) is 1. The first-order chi connectivity index (χ1) is 14.2. The summed E-state index contributed by atoms with van der Waals surface area (Å²) in [5, 5.41) is 7.19. The first-order valence-electron chi connectivity index (χ1n) is 10.8. The number of aromatic nitrogens is 2. The highest BCUT2D eigenvalue weighted by Crippen LogP contribution is 2.25. The molecule has 2 aliphatic rings. The van der Waals surface area contributed by atoms with E-state index in [1.807, 2.05) is 25.1 Å². The molecule has 29 heavy (non-hydrogen) atoms. The number of rotatable bonds is 6. The predicted molar refractivity (Wildman–Crippen MR) is 112 cm³/mol.